The lowest BCUT2D eigenvalue weighted by molar-refractivity contribution is -0.142. The van der Waals surface area contributed by atoms with Crippen molar-refractivity contribution in [3.8, 4) is 0 Å². The average molecular weight is 368 g/mol. The highest BCUT2D eigenvalue weighted by atomic mass is 16.6. The minimum absolute atomic E-state index is 0.0174. The maximum Gasteiger partial charge on any atom is 0.410 e. The number of nitrogens with zero attached hydrogens (tertiary/aromatic N) is 3. The normalized spacial score (nSPS) is 29.0. The molecule has 26 heavy (non-hydrogen) atoms. The molecule has 0 aromatic heterocycles. The SMILES string of the molecule is COC(=O)[C@H]1C[C@H](N2CC3CN(C(=O)OC(C)(C)C)CCN3C2=O)CN1. The summed E-state index contributed by atoms with van der Waals surface area (Å²) in [5.41, 5.74) is -0.538. The van der Waals surface area contributed by atoms with Crippen LogP contribution < -0.4 is 5.32 Å². The second kappa shape index (κ2) is 6.94. The first kappa shape index (κ1) is 18.8. The summed E-state index contributed by atoms with van der Waals surface area (Å²) < 4.78 is 10.2. The molecule has 1 N–H and O–H groups in total. The molecule has 0 bridgehead atoms. The zero-order chi connectivity index (χ0) is 19.1. The van der Waals surface area contributed by atoms with Gasteiger partial charge in [-0.2, -0.15) is 0 Å². The smallest absolute Gasteiger partial charge is 0.410 e. The molecule has 3 aliphatic heterocycles. The number of ether oxygens (including phenoxy) is 2. The van der Waals surface area contributed by atoms with E-state index in [4.69, 9.17) is 9.47 Å². The van der Waals surface area contributed by atoms with E-state index in [9.17, 15) is 14.4 Å². The van der Waals surface area contributed by atoms with Gasteiger partial charge in [0.1, 0.15) is 11.6 Å². The quantitative estimate of drug-likeness (QED) is 0.703. The number of methoxy groups -OCH3 is 1. The first-order chi connectivity index (χ1) is 12.2. The molecule has 3 amide bonds. The zero-order valence-electron chi connectivity index (χ0n) is 15.9. The van der Waals surface area contributed by atoms with Crippen molar-refractivity contribution in [2.45, 2.75) is 50.9 Å². The maximum absolute atomic E-state index is 12.8. The van der Waals surface area contributed by atoms with Crippen molar-refractivity contribution in [3.63, 3.8) is 0 Å². The molecular weight excluding hydrogens is 340 g/mol. The van der Waals surface area contributed by atoms with Crippen molar-refractivity contribution in [1.29, 1.82) is 0 Å². The molecule has 3 heterocycles. The van der Waals surface area contributed by atoms with Gasteiger partial charge in [0.15, 0.2) is 0 Å². The monoisotopic (exact) mass is 368 g/mol. The van der Waals surface area contributed by atoms with Gasteiger partial charge in [-0.15, -0.1) is 0 Å². The van der Waals surface area contributed by atoms with Gasteiger partial charge in [0.25, 0.3) is 0 Å². The van der Waals surface area contributed by atoms with Gasteiger partial charge in [0.05, 0.1) is 13.2 Å². The van der Waals surface area contributed by atoms with Crippen LogP contribution in [-0.4, -0.2) is 96.4 Å². The number of hydrogen-bond donors (Lipinski definition) is 1. The average Bonchev–Trinajstić information content (AvgIpc) is 3.17. The van der Waals surface area contributed by atoms with Crippen molar-refractivity contribution in [3.05, 3.63) is 0 Å². The molecule has 0 aromatic carbocycles. The number of fused-ring (bicyclic) bond motifs is 1. The second-order valence-corrected chi connectivity index (χ2v) is 8.08. The van der Waals surface area contributed by atoms with Crippen LogP contribution in [0.3, 0.4) is 0 Å². The van der Waals surface area contributed by atoms with Crippen molar-refractivity contribution < 1.29 is 23.9 Å². The van der Waals surface area contributed by atoms with E-state index in [0.29, 0.717) is 39.1 Å². The van der Waals surface area contributed by atoms with Gasteiger partial charge in [0.2, 0.25) is 0 Å². The molecule has 3 saturated heterocycles. The summed E-state index contributed by atoms with van der Waals surface area (Å²) in [6.45, 7) is 8.09. The van der Waals surface area contributed by atoms with E-state index in [1.165, 1.54) is 7.11 Å². The van der Waals surface area contributed by atoms with E-state index in [1.54, 1.807) is 4.90 Å². The number of urea groups is 1. The number of carbonyl (C=O) groups excluding carboxylic acids is 3. The minimum Gasteiger partial charge on any atom is -0.468 e. The van der Waals surface area contributed by atoms with E-state index >= 15 is 0 Å². The lowest BCUT2D eigenvalue weighted by atomic mass is 10.1. The van der Waals surface area contributed by atoms with Crippen LogP contribution in [0.2, 0.25) is 0 Å². The maximum atomic E-state index is 12.8. The van der Waals surface area contributed by atoms with Crippen molar-refractivity contribution in [2.24, 2.45) is 0 Å². The number of nitrogens with one attached hydrogen (secondary N) is 1. The van der Waals surface area contributed by atoms with Crippen LogP contribution in [0.4, 0.5) is 9.59 Å². The van der Waals surface area contributed by atoms with E-state index in [0.717, 1.165) is 0 Å². The number of amides is 3. The molecule has 0 saturated carbocycles. The number of esters is 1. The summed E-state index contributed by atoms with van der Waals surface area (Å²) >= 11 is 0. The van der Waals surface area contributed by atoms with Gasteiger partial charge in [-0.25, -0.2) is 9.59 Å². The second-order valence-electron chi connectivity index (χ2n) is 8.08. The molecule has 1 unspecified atom stereocenters. The summed E-state index contributed by atoms with van der Waals surface area (Å²) in [7, 11) is 1.36. The predicted octanol–water partition coefficient (Wildman–Crippen LogP) is 0.247. The lowest BCUT2D eigenvalue weighted by Gasteiger charge is -2.37. The van der Waals surface area contributed by atoms with Gasteiger partial charge in [-0.1, -0.05) is 0 Å². The third-order valence-electron chi connectivity index (χ3n) is 5.07. The van der Waals surface area contributed by atoms with E-state index in [-0.39, 0.29) is 36.2 Å². The van der Waals surface area contributed by atoms with Crippen LogP contribution in [-0.2, 0) is 14.3 Å². The van der Waals surface area contributed by atoms with Crippen molar-refractivity contribution in [1.82, 2.24) is 20.0 Å². The fourth-order valence-electron chi connectivity index (χ4n) is 3.81. The van der Waals surface area contributed by atoms with Gasteiger partial charge in [-0.05, 0) is 27.2 Å². The number of rotatable bonds is 2. The van der Waals surface area contributed by atoms with Crippen LogP contribution in [0.25, 0.3) is 0 Å². The Morgan fingerprint density at radius 3 is 2.50 bits per heavy atom. The zero-order valence-corrected chi connectivity index (χ0v) is 15.9. The van der Waals surface area contributed by atoms with Gasteiger partial charge in [0, 0.05) is 38.8 Å². The minimum atomic E-state index is -0.538. The van der Waals surface area contributed by atoms with Crippen LogP contribution in [0.15, 0.2) is 0 Å². The highest BCUT2D eigenvalue weighted by Crippen LogP contribution is 2.26. The Bertz CT molecular complexity index is 590. The molecule has 3 rings (SSSR count). The molecule has 0 aromatic rings. The Hall–Kier alpha value is -2.03. The molecule has 146 valence electrons. The van der Waals surface area contributed by atoms with Gasteiger partial charge in [-0.3, -0.25) is 4.79 Å². The summed E-state index contributed by atoms with van der Waals surface area (Å²) in [4.78, 5) is 42.0. The third kappa shape index (κ3) is 3.72. The molecule has 3 atom stereocenters. The predicted molar refractivity (Wildman–Crippen MR) is 92.6 cm³/mol. The highest BCUT2D eigenvalue weighted by Gasteiger charge is 2.46. The molecule has 3 aliphatic rings. The highest BCUT2D eigenvalue weighted by molar-refractivity contribution is 5.80. The fraction of sp³-hybridized carbons (Fsp3) is 0.824. The van der Waals surface area contributed by atoms with Crippen LogP contribution in [0.5, 0.6) is 0 Å². The molecule has 0 aliphatic carbocycles. The molecule has 0 spiro atoms. The third-order valence-corrected chi connectivity index (χ3v) is 5.07. The lowest BCUT2D eigenvalue weighted by Crippen LogP contribution is -2.54. The van der Waals surface area contributed by atoms with Crippen LogP contribution in [0, 0.1) is 0 Å². The van der Waals surface area contributed by atoms with Gasteiger partial charge >= 0.3 is 18.1 Å². The van der Waals surface area contributed by atoms with E-state index in [1.807, 2.05) is 30.6 Å². The number of hydrogen-bond acceptors (Lipinski definition) is 6. The first-order valence-corrected chi connectivity index (χ1v) is 9.06. The van der Waals surface area contributed by atoms with E-state index in [2.05, 4.69) is 5.32 Å². The number of piperazine rings is 1. The topological polar surface area (TPSA) is 91.4 Å². The molecule has 9 heteroatoms. The van der Waals surface area contributed by atoms with E-state index < -0.39 is 5.60 Å². The Morgan fingerprint density at radius 2 is 1.85 bits per heavy atom. The Labute approximate surface area is 153 Å². The Kier molecular flexibility index (Phi) is 5.01. The largest absolute Gasteiger partial charge is 0.468 e. The van der Waals surface area contributed by atoms with Gasteiger partial charge < -0.3 is 29.5 Å². The summed E-state index contributed by atoms with van der Waals surface area (Å²) in [6.07, 6.45) is 0.214. The Balaban J connectivity index is 1.60. The van der Waals surface area contributed by atoms with Crippen LogP contribution in [0.1, 0.15) is 27.2 Å². The summed E-state index contributed by atoms with van der Waals surface area (Å²) in [5.74, 6) is -0.298. The molecule has 3 fully saturated rings. The molecular formula is C17H28N4O5. The van der Waals surface area contributed by atoms with Crippen LogP contribution >= 0.6 is 0 Å². The molecule has 9 nitrogen and oxygen atoms in total. The number of carbonyl (C=O) groups is 3. The Morgan fingerprint density at radius 1 is 1.12 bits per heavy atom. The van der Waals surface area contributed by atoms with Crippen molar-refractivity contribution in [2.75, 3.05) is 39.8 Å². The first-order valence-electron chi connectivity index (χ1n) is 9.06. The standard InChI is InChI=1S/C17H28N4O5/c1-17(2,3)26-16(24)19-5-6-20-12(9-19)10-21(15(20)23)11-7-13(18-8-11)14(22)25-4/h11-13,18H,5-10H2,1-4H3/t11-,12?,13+/m0/s1. The van der Waals surface area contributed by atoms with Crippen molar-refractivity contribution >= 4 is 18.1 Å². The summed E-state index contributed by atoms with van der Waals surface area (Å²) in [6, 6.07) is -0.460. The fourth-order valence-corrected chi connectivity index (χ4v) is 3.81. The summed E-state index contributed by atoms with van der Waals surface area (Å²) in [5, 5.41) is 3.12. The molecule has 0 radical (unpaired) electrons.